The van der Waals surface area contributed by atoms with Crippen molar-refractivity contribution in [3.8, 4) is 0 Å². The van der Waals surface area contributed by atoms with Crippen LogP contribution in [0.1, 0.15) is 6.92 Å². The molecule has 0 unspecified atom stereocenters. The fraction of sp³-hybridized carbons (Fsp3) is 0.750. The molecule has 0 saturated heterocycles. The molecule has 7 heteroatoms. The van der Waals surface area contributed by atoms with Gasteiger partial charge in [0, 0.05) is 6.92 Å². The summed E-state index contributed by atoms with van der Waals surface area (Å²) in [5.41, 5.74) is 4.47. The highest BCUT2D eigenvalue weighted by atomic mass is 19.4. The molecule has 0 aliphatic carbocycles. The lowest BCUT2D eigenvalue weighted by molar-refractivity contribution is -0.275. The Morgan fingerprint density at radius 2 is 1.55 bits per heavy atom. The van der Waals surface area contributed by atoms with E-state index in [1.54, 1.807) is 0 Å². The smallest absolute Gasteiger partial charge is 0.370 e. The summed E-state index contributed by atoms with van der Waals surface area (Å²) in [4.78, 5) is 9.22. The minimum Gasteiger partial charge on any atom is -0.370 e. The van der Waals surface area contributed by atoms with Gasteiger partial charge in [-0.2, -0.15) is 13.2 Å². The number of rotatable bonds is 0. The number of hydrogen-bond donors (Lipinski definition) is 3. The largest absolute Gasteiger partial charge is 0.439 e. The van der Waals surface area contributed by atoms with Crippen LogP contribution in [0.4, 0.5) is 13.2 Å². The third-order valence-electron chi connectivity index (χ3n) is 0.293. The monoisotopic (exact) mass is 175 g/mol. The molecule has 0 heterocycles. The van der Waals surface area contributed by atoms with Gasteiger partial charge in [0.15, 0.2) is 0 Å². The van der Waals surface area contributed by atoms with E-state index in [4.69, 9.17) is 10.2 Å². The van der Waals surface area contributed by atoms with Gasteiger partial charge in [-0.1, -0.05) is 0 Å². The minimum absolute atomic E-state index is 0.333. The van der Waals surface area contributed by atoms with E-state index in [-0.39, 0.29) is 5.91 Å². The zero-order chi connectivity index (χ0) is 9.65. The maximum atomic E-state index is 10.7. The molecule has 0 aliphatic heterocycles. The highest BCUT2D eigenvalue weighted by Gasteiger charge is 2.36. The van der Waals surface area contributed by atoms with Crippen molar-refractivity contribution < 1.29 is 28.2 Å². The lowest BCUT2D eigenvalue weighted by Gasteiger charge is -2.05. The van der Waals surface area contributed by atoms with Crippen molar-refractivity contribution in [2.75, 3.05) is 0 Å². The predicted molar refractivity (Wildman–Crippen MR) is 29.1 cm³/mol. The minimum atomic E-state index is -4.89. The SMILES string of the molecule is CC(N)=O.OC(O)C(F)(F)F. The van der Waals surface area contributed by atoms with Gasteiger partial charge in [0.2, 0.25) is 5.91 Å². The van der Waals surface area contributed by atoms with Crippen LogP contribution in [-0.4, -0.2) is 28.6 Å². The Bertz CT molecular complexity index is 118. The van der Waals surface area contributed by atoms with Crippen LogP contribution < -0.4 is 5.73 Å². The number of halogens is 3. The number of primary amides is 1. The van der Waals surface area contributed by atoms with Crippen molar-refractivity contribution in [2.45, 2.75) is 19.4 Å². The number of carbonyl (C=O) groups excluding carboxylic acids is 1. The zero-order valence-corrected chi connectivity index (χ0v) is 5.59. The second-order valence-corrected chi connectivity index (χ2v) is 1.53. The van der Waals surface area contributed by atoms with E-state index in [1.165, 1.54) is 6.92 Å². The molecule has 0 aromatic heterocycles. The summed E-state index contributed by atoms with van der Waals surface area (Å²) in [7, 11) is 0. The highest BCUT2D eigenvalue weighted by Crippen LogP contribution is 2.16. The molecule has 4 N–H and O–H groups in total. The quantitative estimate of drug-likeness (QED) is 0.428. The van der Waals surface area contributed by atoms with Gasteiger partial charge in [-0.05, 0) is 0 Å². The number of amides is 1. The molecule has 1 amide bonds. The molecule has 0 aromatic rings. The lowest BCUT2D eigenvalue weighted by atomic mass is 10.6. The third kappa shape index (κ3) is 17.6. The normalized spacial score (nSPS) is 10.5. The Morgan fingerprint density at radius 3 is 1.55 bits per heavy atom. The fourth-order valence-electron chi connectivity index (χ4n) is 0. The van der Waals surface area contributed by atoms with Crippen molar-refractivity contribution in [1.29, 1.82) is 0 Å². The molecule has 0 aliphatic rings. The van der Waals surface area contributed by atoms with Crippen molar-refractivity contribution in [3.63, 3.8) is 0 Å². The maximum absolute atomic E-state index is 10.7. The topological polar surface area (TPSA) is 83.6 Å². The van der Waals surface area contributed by atoms with Gasteiger partial charge in [-0.25, -0.2) is 0 Å². The van der Waals surface area contributed by atoms with Crippen molar-refractivity contribution in [1.82, 2.24) is 0 Å². The van der Waals surface area contributed by atoms with Gasteiger partial charge in [0.1, 0.15) is 0 Å². The molecule has 4 nitrogen and oxygen atoms in total. The first kappa shape index (κ1) is 12.8. The van der Waals surface area contributed by atoms with E-state index >= 15 is 0 Å². The number of alkyl halides is 3. The molecule has 0 fully saturated rings. The van der Waals surface area contributed by atoms with Crippen LogP contribution >= 0.6 is 0 Å². The fourth-order valence-corrected chi connectivity index (χ4v) is 0. The van der Waals surface area contributed by atoms with Crippen molar-refractivity contribution in [2.24, 2.45) is 5.73 Å². The van der Waals surface area contributed by atoms with Crippen LogP contribution in [0.5, 0.6) is 0 Å². The molecule has 0 radical (unpaired) electrons. The summed E-state index contributed by atoms with van der Waals surface area (Å²) < 4.78 is 32.0. The molecule has 68 valence electrons. The van der Waals surface area contributed by atoms with Crippen LogP contribution in [0, 0.1) is 0 Å². The zero-order valence-electron chi connectivity index (χ0n) is 5.59. The summed E-state index contributed by atoms with van der Waals surface area (Å²) in [6.07, 6.45) is -8.09. The van der Waals surface area contributed by atoms with E-state index in [2.05, 4.69) is 5.73 Å². The van der Waals surface area contributed by atoms with Crippen LogP contribution in [-0.2, 0) is 4.79 Å². The Hall–Kier alpha value is -0.820. The number of aliphatic hydroxyl groups is 2. The Labute approximate surface area is 60.4 Å². The second kappa shape index (κ2) is 4.91. The Morgan fingerprint density at radius 1 is 1.45 bits per heavy atom. The van der Waals surface area contributed by atoms with Gasteiger partial charge in [0.05, 0.1) is 0 Å². The van der Waals surface area contributed by atoms with Gasteiger partial charge >= 0.3 is 6.18 Å². The summed E-state index contributed by atoms with van der Waals surface area (Å²) in [6, 6.07) is 0. The van der Waals surface area contributed by atoms with E-state index in [0.717, 1.165) is 0 Å². The molecular formula is C4H8F3NO3. The van der Waals surface area contributed by atoms with Crippen molar-refractivity contribution in [3.05, 3.63) is 0 Å². The first-order chi connectivity index (χ1) is 4.68. The molecule has 0 aromatic carbocycles. The van der Waals surface area contributed by atoms with E-state index in [0.29, 0.717) is 0 Å². The first-order valence-corrected chi connectivity index (χ1v) is 2.36. The number of hydrogen-bond acceptors (Lipinski definition) is 3. The van der Waals surface area contributed by atoms with Crippen LogP contribution in [0.3, 0.4) is 0 Å². The Balaban J connectivity index is 0. The predicted octanol–water partition coefficient (Wildman–Crippen LogP) is -0.649. The maximum Gasteiger partial charge on any atom is 0.439 e. The average molecular weight is 175 g/mol. The summed E-state index contributed by atoms with van der Waals surface area (Å²) in [5, 5.41) is 14.6. The van der Waals surface area contributed by atoms with Crippen LogP contribution in [0.15, 0.2) is 0 Å². The van der Waals surface area contributed by atoms with E-state index in [9.17, 15) is 18.0 Å². The Kier molecular flexibility index (Phi) is 5.73. The summed E-state index contributed by atoms with van der Waals surface area (Å²) >= 11 is 0. The highest BCUT2D eigenvalue weighted by molar-refractivity contribution is 5.70. The summed E-state index contributed by atoms with van der Waals surface area (Å²) in [6.45, 7) is 1.31. The number of carbonyl (C=O) groups is 1. The van der Waals surface area contributed by atoms with Crippen LogP contribution in [0.25, 0.3) is 0 Å². The van der Waals surface area contributed by atoms with Gasteiger partial charge in [0.25, 0.3) is 6.29 Å². The lowest BCUT2D eigenvalue weighted by Crippen LogP contribution is -2.27. The van der Waals surface area contributed by atoms with E-state index < -0.39 is 12.5 Å². The van der Waals surface area contributed by atoms with Gasteiger partial charge < -0.3 is 15.9 Å². The third-order valence-corrected chi connectivity index (χ3v) is 0.293. The van der Waals surface area contributed by atoms with Crippen molar-refractivity contribution >= 4 is 5.91 Å². The molecule has 0 saturated carbocycles. The first-order valence-electron chi connectivity index (χ1n) is 2.36. The van der Waals surface area contributed by atoms with Crippen LogP contribution in [0.2, 0.25) is 0 Å². The molecule has 0 atom stereocenters. The average Bonchev–Trinajstić information content (AvgIpc) is 1.59. The second-order valence-electron chi connectivity index (χ2n) is 1.53. The molecule has 0 spiro atoms. The number of aliphatic hydroxyl groups excluding tert-OH is 1. The molecule has 0 bridgehead atoms. The van der Waals surface area contributed by atoms with Gasteiger partial charge in [-0.3, -0.25) is 4.79 Å². The van der Waals surface area contributed by atoms with E-state index in [1.807, 2.05) is 0 Å². The van der Waals surface area contributed by atoms with Gasteiger partial charge in [-0.15, -0.1) is 0 Å². The molecule has 11 heavy (non-hydrogen) atoms. The molecular weight excluding hydrogens is 167 g/mol. The number of nitrogens with two attached hydrogens (primary N) is 1. The standard InChI is InChI=1S/C2H3F3O2.C2H5NO/c3-2(4,5)1(6)7;1-2(3)4/h1,6-7H;1H3,(H2,3,4). The summed E-state index contributed by atoms with van der Waals surface area (Å²) in [5.74, 6) is -0.333. The molecule has 0 rings (SSSR count).